The van der Waals surface area contributed by atoms with Gasteiger partial charge in [0.25, 0.3) is 11.5 Å². The maximum atomic E-state index is 14.7. The largest absolute Gasteiger partial charge is 0.347 e. The molecule has 1 aliphatic rings. The normalized spacial score (nSPS) is 18.1. The van der Waals surface area contributed by atoms with Gasteiger partial charge in [-0.25, -0.2) is 4.39 Å². The van der Waals surface area contributed by atoms with Gasteiger partial charge in [0.15, 0.2) is 0 Å². The highest BCUT2D eigenvalue weighted by Gasteiger charge is 2.36. The van der Waals surface area contributed by atoms with Crippen LogP contribution in [0.1, 0.15) is 23.5 Å². The third kappa shape index (κ3) is 5.98. The van der Waals surface area contributed by atoms with E-state index >= 15 is 0 Å². The van der Waals surface area contributed by atoms with E-state index in [0.29, 0.717) is 33.9 Å². The summed E-state index contributed by atoms with van der Waals surface area (Å²) in [6.45, 7) is 5.40. The Morgan fingerprint density at radius 2 is 1.97 bits per heavy atom. The van der Waals surface area contributed by atoms with Crippen molar-refractivity contribution in [2.24, 2.45) is 11.8 Å². The number of likely N-dealkylation sites (tertiary alicyclic amines) is 1. The lowest BCUT2D eigenvalue weighted by Crippen LogP contribution is -2.42. The molecule has 1 fully saturated rings. The lowest BCUT2D eigenvalue weighted by Gasteiger charge is -2.22. The standard InChI is InChI=1S/C25H26ClFN4O3S/c1-15(2)17-12-30(13-20(17)29-25(34)21-8-9-22(26)35-21)14-23(32)28-19-7-6-16(11-18(19)27)31-10-4-3-5-24(31)33/h3-11,15,17,20H,12-14H2,1-2H3,(H,28,32)(H,29,34). The van der Waals surface area contributed by atoms with Crippen molar-refractivity contribution in [2.45, 2.75) is 19.9 Å². The van der Waals surface area contributed by atoms with Crippen LogP contribution >= 0.6 is 22.9 Å². The number of amides is 2. The number of nitrogens with one attached hydrogen (secondary N) is 2. The molecular formula is C25H26ClFN4O3S. The number of benzene rings is 1. The first-order chi connectivity index (χ1) is 16.7. The molecule has 3 aromatic rings. The van der Waals surface area contributed by atoms with Crippen LogP contribution in [0.4, 0.5) is 10.1 Å². The van der Waals surface area contributed by atoms with E-state index < -0.39 is 5.82 Å². The molecule has 3 heterocycles. The zero-order valence-corrected chi connectivity index (χ0v) is 20.9. The number of hydrogen-bond acceptors (Lipinski definition) is 5. The van der Waals surface area contributed by atoms with Gasteiger partial charge < -0.3 is 10.6 Å². The first kappa shape index (κ1) is 25.1. The molecule has 0 bridgehead atoms. The van der Waals surface area contributed by atoms with Crippen molar-refractivity contribution in [3.8, 4) is 5.69 Å². The number of carbonyl (C=O) groups excluding carboxylic acids is 2. The van der Waals surface area contributed by atoms with E-state index in [1.807, 2.05) is 4.90 Å². The summed E-state index contributed by atoms with van der Waals surface area (Å²) in [5, 5.41) is 5.70. The number of anilines is 1. The maximum Gasteiger partial charge on any atom is 0.261 e. The average Bonchev–Trinajstić information content (AvgIpc) is 3.41. The Bertz CT molecular complexity index is 1290. The zero-order valence-electron chi connectivity index (χ0n) is 19.3. The molecule has 2 atom stereocenters. The SMILES string of the molecule is CC(C)C1CN(CC(=O)Nc2ccc(-n3ccccc3=O)cc2F)CC1NC(=O)c1ccc(Cl)s1. The summed E-state index contributed by atoms with van der Waals surface area (Å²) < 4.78 is 16.6. The molecule has 1 aromatic carbocycles. The highest BCUT2D eigenvalue weighted by Crippen LogP contribution is 2.26. The molecule has 0 radical (unpaired) electrons. The average molecular weight is 517 g/mol. The first-order valence-corrected chi connectivity index (χ1v) is 12.5. The Morgan fingerprint density at radius 1 is 1.17 bits per heavy atom. The summed E-state index contributed by atoms with van der Waals surface area (Å²) >= 11 is 7.17. The molecule has 1 aliphatic heterocycles. The lowest BCUT2D eigenvalue weighted by atomic mass is 9.91. The van der Waals surface area contributed by atoms with Crippen LogP contribution in [0.5, 0.6) is 0 Å². The van der Waals surface area contributed by atoms with Crippen LogP contribution in [0.15, 0.2) is 59.5 Å². The van der Waals surface area contributed by atoms with E-state index in [-0.39, 0.29) is 41.6 Å². The van der Waals surface area contributed by atoms with Crippen molar-refractivity contribution in [1.29, 1.82) is 0 Å². The monoisotopic (exact) mass is 516 g/mol. The van der Waals surface area contributed by atoms with Crippen LogP contribution in [0.25, 0.3) is 5.69 Å². The highest BCUT2D eigenvalue weighted by molar-refractivity contribution is 7.18. The van der Waals surface area contributed by atoms with Crippen LogP contribution in [0.2, 0.25) is 4.34 Å². The molecule has 2 aromatic heterocycles. The molecule has 184 valence electrons. The smallest absolute Gasteiger partial charge is 0.261 e. The van der Waals surface area contributed by atoms with Gasteiger partial charge >= 0.3 is 0 Å². The van der Waals surface area contributed by atoms with Gasteiger partial charge in [-0.05, 0) is 42.2 Å². The number of halogens is 2. The molecule has 0 spiro atoms. The molecular weight excluding hydrogens is 491 g/mol. The fourth-order valence-electron chi connectivity index (χ4n) is 4.34. The number of hydrogen-bond donors (Lipinski definition) is 2. The van der Waals surface area contributed by atoms with Gasteiger partial charge in [0.05, 0.1) is 27.1 Å². The molecule has 4 rings (SSSR count). The number of thiophene rings is 1. The van der Waals surface area contributed by atoms with Gasteiger partial charge in [-0.15, -0.1) is 11.3 Å². The number of carbonyl (C=O) groups is 2. The molecule has 0 aliphatic carbocycles. The molecule has 10 heteroatoms. The van der Waals surface area contributed by atoms with Gasteiger partial charge in [-0.2, -0.15) is 0 Å². The third-order valence-corrected chi connectivity index (χ3v) is 7.34. The topological polar surface area (TPSA) is 83.4 Å². The van der Waals surface area contributed by atoms with E-state index in [4.69, 9.17) is 11.6 Å². The zero-order chi connectivity index (χ0) is 25.1. The maximum absolute atomic E-state index is 14.7. The molecule has 1 saturated heterocycles. The second kappa shape index (κ2) is 10.7. The van der Waals surface area contributed by atoms with E-state index in [1.165, 1.54) is 34.1 Å². The van der Waals surface area contributed by atoms with Crippen LogP contribution in [0, 0.1) is 17.7 Å². The second-order valence-corrected chi connectivity index (χ2v) is 10.6. The Balaban J connectivity index is 1.38. The number of pyridine rings is 1. The highest BCUT2D eigenvalue weighted by atomic mass is 35.5. The van der Waals surface area contributed by atoms with Crippen molar-refractivity contribution >= 4 is 40.4 Å². The van der Waals surface area contributed by atoms with Crippen molar-refractivity contribution in [3.63, 3.8) is 0 Å². The van der Waals surface area contributed by atoms with Gasteiger partial charge in [0.1, 0.15) is 5.82 Å². The van der Waals surface area contributed by atoms with Crippen molar-refractivity contribution in [1.82, 2.24) is 14.8 Å². The van der Waals surface area contributed by atoms with Crippen molar-refractivity contribution in [3.05, 3.63) is 80.1 Å². The fourth-order valence-corrected chi connectivity index (χ4v) is 5.28. The molecule has 2 N–H and O–H groups in total. The van der Waals surface area contributed by atoms with E-state index in [9.17, 15) is 18.8 Å². The quantitative estimate of drug-likeness (QED) is 0.497. The predicted octanol–water partition coefficient (Wildman–Crippen LogP) is 4.02. The van der Waals surface area contributed by atoms with Gasteiger partial charge in [-0.3, -0.25) is 23.9 Å². The van der Waals surface area contributed by atoms with Gasteiger partial charge in [-0.1, -0.05) is 31.5 Å². The molecule has 35 heavy (non-hydrogen) atoms. The van der Waals surface area contributed by atoms with E-state index in [1.54, 1.807) is 36.5 Å². The summed E-state index contributed by atoms with van der Waals surface area (Å²) in [6, 6.07) is 12.2. The minimum absolute atomic E-state index is 0.0433. The molecule has 2 amide bonds. The molecule has 7 nitrogen and oxygen atoms in total. The van der Waals surface area contributed by atoms with Crippen molar-refractivity contribution < 1.29 is 14.0 Å². The summed E-state index contributed by atoms with van der Waals surface area (Å²) in [4.78, 5) is 39.8. The Morgan fingerprint density at radius 3 is 2.63 bits per heavy atom. The summed E-state index contributed by atoms with van der Waals surface area (Å²) in [7, 11) is 0. The van der Waals surface area contributed by atoms with E-state index in [0.717, 1.165) is 0 Å². The van der Waals surface area contributed by atoms with Crippen molar-refractivity contribution in [2.75, 3.05) is 25.0 Å². The Hall–Kier alpha value is -3.01. The Kier molecular flexibility index (Phi) is 7.69. The minimum atomic E-state index is -0.632. The van der Waals surface area contributed by atoms with Gasteiger partial charge in [0, 0.05) is 37.5 Å². The van der Waals surface area contributed by atoms with Crippen LogP contribution in [-0.4, -0.2) is 47.0 Å². The molecule has 0 saturated carbocycles. The predicted molar refractivity (Wildman–Crippen MR) is 136 cm³/mol. The third-order valence-electron chi connectivity index (χ3n) is 6.11. The number of rotatable bonds is 7. The minimum Gasteiger partial charge on any atom is -0.347 e. The van der Waals surface area contributed by atoms with Gasteiger partial charge in [0.2, 0.25) is 5.91 Å². The second-order valence-electron chi connectivity index (χ2n) is 8.91. The summed E-state index contributed by atoms with van der Waals surface area (Å²) in [5.74, 6) is -0.696. The van der Waals surface area contributed by atoms with E-state index in [2.05, 4.69) is 24.5 Å². The summed E-state index contributed by atoms with van der Waals surface area (Å²) in [6.07, 6.45) is 1.55. The first-order valence-electron chi connectivity index (χ1n) is 11.3. The number of aromatic nitrogens is 1. The van der Waals surface area contributed by atoms with Crippen LogP contribution < -0.4 is 16.2 Å². The summed E-state index contributed by atoms with van der Waals surface area (Å²) in [5.41, 5.74) is 0.138. The lowest BCUT2D eigenvalue weighted by molar-refractivity contribution is -0.117. The Labute approximate surface area is 211 Å². The number of nitrogens with zero attached hydrogens (tertiary/aromatic N) is 2. The van der Waals surface area contributed by atoms with Crippen LogP contribution in [0.3, 0.4) is 0 Å². The molecule has 2 unspecified atom stereocenters. The fraction of sp³-hybridized carbons (Fsp3) is 0.320. The van der Waals surface area contributed by atoms with Crippen LogP contribution in [-0.2, 0) is 4.79 Å².